The van der Waals surface area contributed by atoms with Gasteiger partial charge in [0.1, 0.15) is 0 Å². The third kappa shape index (κ3) is 1.79. The Hall–Kier alpha value is -1.97. The third-order valence-electron chi connectivity index (χ3n) is 2.31. The number of carbonyl (C=O) groups excluding carboxylic acids is 1. The van der Waals surface area contributed by atoms with Crippen LogP contribution in [0.5, 0.6) is 0 Å². The van der Waals surface area contributed by atoms with Gasteiger partial charge in [-0.15, -0.1) is 0 Å². The number of allylic oxidation sites excluding steroid dienone is 1. The van der Waals surface area contributed by atoms with E-state index in [1.807, 2.05) is 44.3 Å². The van der Waals surface area contributed by atoms with Gasteiger partial charge in [0.15, 0.2) is 0 Å². The Morgan fingerprint density at radius 1 is 1.20 bits per heavy atom. The van der Waals surface area contributed by atoms with Gasteiger partial charge in [-0.2, -0.15) is 0 Å². The molecular formula is C11H13N3O. The van der Waals surface area contributed by atoms with Crippen LogP contribution in [0, 0.1) is 0 Å². The largest absolute Gasteiger partial charge is 0.337 e. The minimum absolute atomic E-state index is 0.199. The molecule has 1 aliphatic rings. The first-order chi connectivity index (χ1) is 7.18. The number of urea groups is 1. The summed E-state index contributed by atoms with van der Waals surface area (Å²) in [4.78, 5) is 11.2. The zero-order chi connectivity index (χ0) is 10.8. The van der Waals surface area contributed by atoms with Crippen molar-refractivity contribution in [2.45, 2.75) is 6.92 Å². The second-order valence-electron chi connectivity index (χ2n) is 3.46. The Bertz CT molecular complexity index is 411. The normalized spacial score (nSPS) is 16.1. The van der Waals surface area contributed by atoms with E-state index in [-0.39, 0.29) is 6.03 Å². The third-order valence-corrected chi connectivity index (χ3v) is 2.31. The van der Waals surface area contributed by atoms with Crippen LogP contribution in [0.4, 0.5) is 4.79 Å². The maximum atomic E-state index is 11.2. The Morgan fingerprint density at radius 3 is 2.47 bits per heavy atom. The predicted octanol–water partition coefficient (Wildman–Crippen LogP) is 1.53. The van der Waals surface area contributed by atoms with Crippen molar-refractivity contribution in [2.24, 2.45) is 0 Å². The molecule has 1 aromatic rings. The molecule has 1 aromatic carbocycles. The van der Waals surface area contributed by atoms with Crippen molar-refractivity contribution in [3.05, 3.63) is 41.6 Å². The van der Waals surface area contributed by atoms with Gasteiger partial charge in [-0.1, -0.05) is 30.3 Å². The molecule has 0 fully saturated rings. The first-order valence-electron chi connectivity index (χ1n) is 4.76. The van der Waals surface area contributed by atoms with Crippen LogP contribution in [0.1, 0.15) is 12.5 Å². The highest BCUT2D eigenvalue weighted by atomic mass is 16.2. The number of hydrogen-bond donors (Lipinski definition) is 2. The van der Waals surface area contributed by atoms with E-state index in [0.717, 1.165) is 17.0 Å². The van der Waals surface area contributed by atoms with Crippen molar-refractivity contribution in [1.82, 2.24) is 15.8 Å². The molecule has 4 heteroatoms. The standard InChI is InChI=1S/C11H13N3O/c1-8-10(9-6-4-3-5-7-9)14(2)13-11(15)12-8/h3-7H,1-2H3,(H2,12,13,15). The molecule has 0 aliphatic carbocycles. The Kier molecular flexibility index (Phi) is 2.33. The Balaban J connectivity index is 2.43. The molecule has 0 saturated carbocycles. The molecule has 1 aliphatic heterocycles. The summed E-state index contributed by atoms with van der Waals surface area (Å²) >= 11 is 0. The van der Waals surface area contributed by atoms with Gasteiger partial charge in [-0.3, -0.25) is 5.01 Å². The van der Waals surface area contributed by atoms with Crippen molar-refractivity contribution in [3.8, 4) is 0 Å². The summed E-state index contributed by atoms with van der Waals surface area (Å²) in [5.74, 6) is 0. The average molecular weight is 203 g/mol. The van der Waals surface area contributed by atoms with Gasteiger partial charge in [0.2, 0.25) is 0 Å². The lowest BCUT2D eigenvalue weighted by Gasteiger charge is -2.30. The molecule has 0 atom stereocenters. The summed E-state index contributed by atoms with van der Waals surface area (Å²) < 4.78 is 0. The molecule has 0 aromatic heterocycles. The van der Waals surface area contributed by atoms with Crippen LogP contribution in [0.15, 0.2) is 36.0 Å². The summed E-state index contributed by atoms with van der Waals surface area (Å²) in [6, 6.07) is 9.73. The highest BCUT2D eigenvalue weighted by Crippen LogP contribution is 2.20. The second kappa shape index (κ2) is 3.65. The maximum Gasteiger partial charge on any atom is 0.337 e. The first kappa shape index (κ1) is 9.58. The van der Waals surface area contributed by atoms with Gasteiger partial charge in [-0.25, -0.2) is 10.2 Å². The van der Waals surface area contributed by atoms with E-state index in [0.29, 0.717) is 0 Å². The molecule has 4 nitrogen and oxygen atoms in total. The minimum atomic E-state index is -0.199. The second-order valence-corrected chi connectivity index (χ2v) is 3.46. The SMILES string of the molecule is CC1=C(c2ccccc2)N(C)NC(=O)N1. The van der Waals surface area contributed by atoms with Crippen LogP contribution < -0.4 is 10.7 Å². The zero-order valence-corrected chi connectivity index (χ0v) is 8.74. The quantitative estimate of drug-likeness (QED) is 0.727. The fraction of sp³-hybridized carbons (Fsp3) is 0.182. The van der Waals surface area contributed by atoms with Crippen molar-refractivity contribution in [2.75, 3.05) is 7.05 Å². The van der Waals surface area contributed by atoms with Gasteiger partial charge >= 0.3 is 6.03 Å². The van der Waals surface area contributed by atoms with Crippen molar-refractivity contribution < 1.29 is 4.79 Å². The summed E-state index contributed by atoms with van der Waals surface area (Å²) in [7, 11) is 1.82. The van der Waals surface area contributed by atoms with E-state index in [1.165, 1.54) is 0 Å². The summed E-state index contributed by atoms with van der Waals surface area (Å²) in [5, 5.41) is 4.47. The smallest absolute Gasteiger partial charge is 0.308 e. The Morgan fingerprint density at radius 2 is 1.87 bits per heavy atom. The van der Waals surface area contributed by atoms with Crippen LogP contribution in [-0.2, 0) is 0 Å². The van der Waals surface area contributed by atoms with Gasteiger partial charge in [0.05, 0.1) is 5.70 Å². The fourth-order valence-electron chi connectivity index (χ4n) is 1.72. The van der Waals surface area contributed by atoms with Gasteiger partial charge < -0.3 is 5.32 Å². The van der Waals surface area contributed by atoms with Crippen LogP contribution in [0.2, 0.25) is 0 Å². The molecule has 0 spiro atoms. The van der Waals surface area contributed by atoms with Crippen molar-refractivity contribution in [3.63, 3.8) is 0 Å². The number of benzene rings is 1. The van der Waals surface area contributed by atoms with Crippen LogP contribution in [-0.4, -0.2) is 18.1 Å². The van der Waals surface area contributed by atoms with E-state index >= 15 is 0 Å². The zero-order valence-electron chi connectivity index (χ0n) is 8.74. The molecule has 0 radical (unpaired) electrons. The van der Waals surface area contributed by atoms with Crippen molar-refractivity contribution >= 4 is 11.7 Å². The summed E-state index contributed by atoms with van der Waals surface area (Å²) in [5.41, 5.74) is 5.59. The predicted molar refractivity (Wildman–Crippen MR) is 58.5 cm³/mol. The molecule has 1 heterocycles. The van der Waals surface area contributed by atoms with Crippen LogP contribution >= 0.6 is 0 Å². The van der Waals surface area contributed by atoms with Gasteiger partial charge in [0, 0.05) is 18.3 Å². The number of amides is 2. The number of hydrazine groups is 1. The van der Waals surface area contributed by atoms with Gasteiger partial charge in [-0.05, 0) is 6.92 Å². The van der Waals surface area contributed by atoms with Crippen LogP contribution in [0.25, 0.3) is 5.70 Å². The van der Waals surface area contributed by atoms with E-state index in [1.54, 1.807) is 5.01 Å². The van der Waals surface area contributed by atoms with Crippen molar-refractivity contribution in [1.29, 1.82) is 0 Å². The van der Waals surface area contributed by atoms with E-state index in [9.17, 15) is 4.79 Å². The molecule has 0 saturated heterocycles. The summed E-state index contributed by atoms with van der Waals surface area (Å²) in [6.45, 7) is 1.89. The summed E-state index contributed by atoms with van der Waals surface area (Å²) in [6.07, 6.45) is 0. The molecule has 2 N–H and O–H groups in total. The molecule has 2 rings (SSSR count). The van der Waals surface area contributed by atoms with E-state index in [2.05, 4.69) is 10.7 Å². The molecular weight excluding hydrogens is 190 g/mol. The highest BCUT2D eigenvalue weighted by Gasteiger charge is 2.19. The maximum absolute atomic E-state index is 11.2. The molecule has 0 unspecified atom stereocenters. The number of carbonyl (C=O) groups is 1. The number of hydrogen-bond acceptors (Lipinski definition) is 2. The lowest BCUT2D eigenvalue weighted by molar-refractivity contribution is 0.219. The van der Waals surface area contributed by atoms with Crippen LogP contribution in [0.3, 0.4) is 0 Å². The first-order valence-corrected chi connectivity index (χ1v) is 4.76. The highest BCUT2D eigenvalue weighted by molar-refractivity contribution is 5.83. The lowest BCUT2D eigenvalue weighted by Crippen LogP contribution is -2.49. The number of rotatable bonds is 1. The van der Waals surface area contributed by atoms with E-state index < -0.39 is 0 Å². The fourth-order valence-corrected chi connectivity index (χ4v) is 1.72. The number of nitrogens with one attached hydrogen (secondary N) is 2. The molecule has 0 bridgehead atoms. The van der Waals surface area contributed by atoms with Gasteiger partial charge in [0.25, 0.3) is 0 Å². The molecule has 15 heavy (non-hydrogen) atoms. The monoisotopic (exact) mass is 203 g/mol. The van der Waals surface area contributed by atoms with E-state index in [4.69, 9.17) is 0 Å². The topological polar surface area (TPSA) is 44.4 Å². The average Bonchev–Trinajstić information content (AvgIpc) is 2.17. The molecule has 2 amide bonds. The molecule has 78 valence electrons. The Labute approximate surface area is 88.6 Å². The minimum Gasteiger partial charge on any atom is -0.308 e. The number of nitrogens with zero attached hydrogens (tertiary/aromatic N) is 1. The lowest BCUT2D eigenvalue weighted by atomic mass is 10.1.